The first-order valence-corrected chi connectivity index (χ1v) is 7.68. The molecule has 0 heterocycles. The summed E-state index contributed by atoms with van der Waals surface area (Å²) in [6, 6.07) is 4.32. The lowest BCUT2D eigenvalue weighted by atomic mass is 10.2. The molecular weight excluding hydrogens is 325 g/mol. The van der Waals surface area contributed by atoms with Gasteiger partial charge in [-0.2, -0.15) is 0 Å². The summed E-state index contributed by atoms with van der Waals surface area (Å²) in [6.45, 7) is 4.12. The highest BCUT2D eigenvalue weighted by atomic mass is 35.5. The fraction of sp³-hybridized carbons (Fsp3) is 0.467. The molecule has 1 aromatic carbocycles. The van der Waals surface area contributed by atoms with E-state index < -0.39 is 11.9 Å². The van der Waals surface area contributed by atoms with Gasteiger partial charge in [0.2, 0.25) is 5.91 Å². The smallest absolute Gasteiger partial charge is 0.253 e. The fourth-order valence-electron chi connectivity index (χ4n) is 1.60. The Hall–Kier alpha value is -1.30. The molecule has 1 aromatic rings. The number of hydrogen-bond acceptors (Lipinski definition) is 3. The van der Waals surface area contributed by atoms with Gasteiger partial charge < -0.3 is 15.5 Å². The van der Waals surface area contributed by atoms with E-state index in [1.165, 1.54) is 0 Å². The van der Waals surface area contributed by atoms with Gasteiger partial charge in [-0.1, -0.05) is 29.3 Å². The Kier molecular flexibility index (Phi) is 7.13. The van der Waals surface area contributed by atoms with Crippen LogP contribution >= 0.6 is 23.2 Å². The molecule has 0 aliphatic carbocycles. The average Bonchev–Trinajstić information content (AvgIpc) is 2.46. The van der Waals surface area contributed by atoms with Crippen LogP contribution in [0.5, 0.6) is 0 Å². The Morgan fingerprint density at radius 1 is 1.23 bits per heavy atom. The van der Waals surface area contributed by atoms with Crippen LogP contribution in [0.3, 0.4) is 0 Å². The van der Waals surface area contributed by atoms with Crippen molar-refractivity contribution in [2.45, 2.75) is 25.9 Å². The highest BCUT2D eigenvalue weighted by Crippen LogP contribution is 2.25. The van der Waals surface area contributed by atoms with Crippen molar-refractivity contribution in [1.82, 2.24) is 15.5 Å². The molecule has 0 aromatic heterocycles. The van der Waals surface area contributed by atoms with Crippen molar-refractivity contribution in [3.63, 3.8) is 0 Å². The molecule has 122 valence electrons. The molecule has 2 amide bonds. The predicted molar refractivity (Wildman–Crippen MR) is 89.5 cm³/mol. The monoisotopic (exact) mass is 345 g/mol. The molecule has 0 aliphatic heterocycles. The van der Waals surface area contributed by atoms with Crippen molar-refractivity contribution >= 4 is 35.0 Å². The molecule has 0 spiro atoms. The van der Waals surface area contributed by atoms with Gasteiger partial charge in [0.1, 0.15) is 6.04 Å². The van der Waals surface area contributed by atoms with Crippen LogP contribution in [0, 0.1) is 0 Å². The third kappa shape index (κ3) is 5.16. The summed E-state index contributed by atoms with van der Waals surface area (Å²) in [7, 11) is 3.87. The molecule has 0 fully saturated rings. The number of amides is 2. The largest absolute Gasteiger partial charge is 0.353 e. The summed E-state index contributed by atoms with van der Waals surface area (Å²) in [5.74, 6) is -0.684. The van der Waals surface area contributed by atoms with Gasteiger partial charge in [0.05, 0.1) is 15.6 Å². The molecule has 0 saturated heterocycles. The highest BCUT2D eigenvalue weighted by Gasteiger charge is 2.19. The zero-order valence-electron chi connectivity index (χ0n) is 13.1. The van der Waals surface area contributed by atoms with Crippen LogP contribution in [0.2, 0.25) is 10.0 Å². The van der Waals surface area contributed by atoms with Crippen molar-refractivity contribution in [1.29, 1.82) is 0 Å². The van der Waals surface area contributed by atoms with Crippen LogP contribution < -0.4 is 10.6 Å². The summed E-state index contributed by atoms with van der Waals surface area (Å²) < 4.78 is 0. The molecule has 22 heavy (non-hydrogen) atoms. The van der Waals surface area contributed by atoms with Crippen molar-refractivity contribution < 1.29 is 9.59 Å². The molecule has 0 saturated carbocycles. The maximum Gasteiger partial charge on any atom is 0.253 e. The van der Waals surface area contributed by atoms with E-state index in [9.17, 15) is 9.59 Å². The molecule has 2 N–H and O–H groups in total. The molecule has 0 aliphatic rings. The Bertz CT molecular complexity index is 550. The first-order chi connectivity index (χ1) is 10.2. The van der Waals surface area contributed by atoms with Crippen LogP contribution in [0.1, 0.15) is 24.2 Å². The van der Waals surface area contributed by atoms with Gasteiger partial charge in [-0.05, 0) is 40.1 Å². The zero-order valence-corrected chi connectivity index (χ0v) is 14.6. The molecule has 7 heteroatoms. The number of likely N-dealkylation sites (N-methyl/N-ethyl adjacent to an activating group) is 1. The molecule has 2 atom stereocenters. The summed E-state index contributed by atoms with van der Waals surface area (Å²) in [6.07, 6.45) is 0. The summed E-state index contributed by atoms with van der Waals surface area (Å²) >= 11 is 11.9. The van der Waals surface area contributed by atoms with Gasteiger partial charge in [-0.3, -0.25) is 9.59 Å². The number of carbonyl (C=O) groups excluding carboxylic acids is 2. The van der Waals surface area contributed by atoms with Gasteiger partial charge in [-0.15, -0.1) is 0 Å². The second-order valence-electron chi connectivity index (χ2n) is 5.35. The molecule has 0 unspecified atom stereocenters. The minimum atomic E-state index is -0.670. The van der Waals surface area contributed by atoms with E-state index in [2.05, 4.69) is 10.6 Å². The zero-order chi connectivity index (χ0) is 16.9. The lowest BCUT2D eigenvalue weighted by Gasteiger charge is -2.21. The summed E-state index contributed by atoms with van der Waals surface area (Å²) in [5.41, 5.74) is 0.246. The fourth-order valence-corrected chi connectivity index (χ4v) is 1.99. The standard InChI is InChI=1S/C15H21Cl2N3O2/c1-9(20(3)4)8-18-14(21)10(2)19-15(22)11-6-5-7-12(16)13(11)17/h5-7,9-10H,8H2,1-4H3,(H,18,21)(H,19,22)/t9-,10+/m1/s1. The van der Waals surface area contributed by atoms with Crippen LogP contribution in [-0.4, -0.2) is 49.4 Å². The lowest BCUT2D eigenvalue weighted by molar-refractivity contribution is -0.122. The average molecular weight is 346 g/mol. The number of nitrogens with zero attached hydrogens (tertiary/aromatic N) is 1. The van der Waals surface area contributed by atoms with E-state index in [1.807, 2.05) is 25.9 Å². The second kappa shape index (κ2) is 8.36. The van der Waals surface area contributed by atoms with Gasteiger partial charge in [0, 0.05) is 12.6 Å². The first kappa shape index (κ1) is 18.7. The molecule has 0 radical (unpaired) electrons. The molecule has 5 nitrogen and oxygen atoms in total. The Morgan fingerprint density at radius 3 is 2.45 bits per heavy atom. The van der Waals surface area contributed by atoms with Crippen LogP contribution in [0.25, 0.3) is 0 Å². The SMILES string of the molecule is C[C@H](NC(=O)c1cccc(Cl)c1Cl)C(=O)NC[C@@H](C)N(C)C. The highest BCUT2D eigenvalue weighted by molar-refractivity contribution is 6.43. The van der Waals surface area contributed by atoms with E-state index in [1.54, 1.807) is 25.1 Å². The molecule has 1 rings (SSSR count). The number of carbonyl (C=O) groups is 2. The lowest BCUT2D eigenvalue weighted by Crippen LogP contribution is -2.48. The normalized spacial score (nSPS) is 13.6. The van der Waals surface area contributed by atoms with E-state index >= 15 is 0 Å². The Morgan fingerprint density at radius 2 is 1.86 bits per heavy atom. The van der Waals surface area contributed by atoms with E-state index in [-0.39, 0.29) is 22.5 Å². The van der Waals surface area contributed by atoms with E-state index in [0.29, 0.717) is 11.6 Å². The maximum absolute atomic E-state index is 12.1. The number of nitrogens with one attached hydrogen (secondary N) is 2. The van der Waals surface area contributed by atoms with Crippen LogP contribution in [0.15, 0.2) is 18.2 Å². The van der Waals surface area contributed by atoms with Gasteiger partial charge in [0.25, 0.3) is 5.91 Å². The molecule has 0 bridgehead atoms. The number of rotatable bonds is 6. The Labute approximate surface area is 141 Å². The Balaban J connectivity index is 2.60. The van der Waals surface area contributed by atoms with Crippen molar-refractivity contribution in [3.05, 3.63) is 33.8 Å². The minimum absolute atomic E-state index is 0.176. The quantitative estimate of drug-likeness (QED) is 0.830. The minimum Gasteiger partial charge on any atom is -0.353 e. The second-order valence-corrected chi connectivity index (χ2v) is 6.14. The third-order valence-electron chi connectivity index (χ3n) is 3.39. The third-order valence-corrected chi connectivity index (χ3v) is 4.21. The van der Waals surface area contributed by atoms with E-state index in [4.69, 9.17) is 23.2 Å². The van der Waals surface area contributed by atoms with Crippen LogP contribution in [0.4, 0.5) is 0 Å². The first-order valence-electron chi connectivity index (χ1n) is 6.93. The summed E-state index contributed by atoms with van der Waals surface area (Å²) in [4.78, 5) is 26.1. The summed E-state index contributed by atoms with van der Waals surface area (Å²) in [5, 5.41) is 5.88. The van der Waals surface area contributed by atoms with Crippen molar-refractivity contribution in [3.8, 4) is 0 Å². The topological polar surface area (TPSA) is 61.4 Å². The predicted octanol–water partition coefficient (Wildman–Crippen LogP) is 2.18. The van der Waals surface area contributed by atoms with Gasteiger partial charge >= 0.3 is 0 Å². The number of halogens is 2. The molecular formula is C15H21Cl2N3O2. The number of hydrogen-bond donors (Lipinski definition) is 2. The van der Waals surface area contributed by atoms with Gasteiger partial charge in [0.15, 0.2) is 0 Å². The van der Waals surface area contributed by atoms with Gasteiger partial charge in [-0.25, -0.2) is 0 Å². The number of benzene rings is 1. The maximum atomic E-state index is 12.1. The van der Waals surface area contributed by atoms with E-state index in [0.717, 1.165) is 0 Å². The van der Waals surface area contributed by atoms with Crippen LogP contribution in [-0.2, 0) is 4.79 Å². The van der Waals surface area contributed by atoms with Crippen molar-refractivity contribution in [2.24, 2.45) is 0 Å². The van der Waals surface area contributed by atoms with Crippen molar-refractivity contribution in [2.75, 3.05) is 20.6 Å².